The highest BCUT2D eigenvalue weighted by molar-refractivity contribution is 5.85. The Labute approximate surface area is 161 Å². The monoisotopic (exact) mass is 380 g/mol. The van der Waals surface area contributed by atoms with Crippen LogP contribution >= 0.6 is 0 Å². The minimum atomic E-state index is -0.353. The molecular weight excluding hydrogens is 362 g/mol. The molecule has 0 atom stereocenters. The maximum atomic E-state index is 13.7. The molecule has 0 radical (unpaired) electrons. The van der Waals surface area contributed by atoms with E-state index in [1.807, 2.05) is 0 Å². The van der Waals surface area contributed by atoms with E-state index in [2.05, 4.69) is 10.5 Å². The Balaban J connectivity index is 1.58. The van der Waals surface area contributed by atoms with Gasteiger partial charge >= 0.3 is 0 Å². The molecule has 0 unspecified atom stereocenters. The van der Waals surface area contributed by atoms with Gasteiger partial charge in [0.15, 0.2) is 0 Å². The molecular formula is C22H18F2N2O2. The molecule has 4 nitrogen and oxygen atoms in total. The van der Waals surface area contributed by atoms with E-state index in [1.54, 1.807) is 54.6 Å². The summed E-state index contributed by atoms with van der Waals surface area (Å²) in [7, 11) is 0. The first kappa shape index (κ1) is 19.2. The van der Waals surface area contributed by atoms with Crippen molar-refractivity contribution in [1.82, 2.24) is 5.43 Å². The molecule has 3 aromatic carbocycles. The van der Waals surface area contributed by atoms with E-state index < -0.39 is 0 Å². The fourth-order valence-corrected chi connectivity index (χ4v) is 2.49. The lowest BCUT2D eigenvalue weighted by Gasteiger charge is -2.09. The molecule has 0 aliphatic rings. The molecule has 0 aliphatic carbocycles. The van der Waals surface area contributed by atoms with Gasteiger partial charge in [-0.25, -0.2) is 14.2 Å². The van der Waals surface area contributed by atoms with Crippen molar-refractivity contribution in [2.75, 3.05) is 0 Å². The third-order valence-electron chi connectivity index (χ3n) is 3.93. The van der Waals surface area contributed by atoms with Crippen molar-refractivity contribution in [1.29, 1.82) is 0 Å². The molecule has 0 aliphatic heterocycles. The normalized spacial score (nSPS) is 10.8. The molecule has 3 aromatic rings. The van der Waals surface area contributed by atoms with Crippen LogP contribution in [0, 0.1) is 11.6 Å². The first-order valence-corrected chi connectivity index (χ1v) is 8.63. The van der Waals surface area contributed by atoms with E-state index in [1.165, 1.54) is 24.4 Å². The number of rotatable bonds is 7. The molecule has 28 heavy (non-hydrogen) atoms. The highest BCUT2D eigenvalue weighted by Crippen LogP contribution is 2.18. The lowest BCUT2D eigenvalue weighted by atomic mass is 10.1. The number of hydrogen-bond acceptors (Lipinski definition) is 3. The van der Waals surface area contributed by atoms with E-state index in [-0.39, 0.29) is 30.6 Å². The average Bonchev–Trinajstić information content (AvgIpc) is 2.70. The summed E-state index contributed by atoms with van der Waals surface area (Å²) >= 11 is 0. The molecule has 0 fully saturated rings. The summed E-state index contributed by atoms with van der Waals surface area (Å²) in [5, 5.41) is 3.94. The van der Waals surface area contributed by atoms with Gasteiger partial charge in [0.2, 0.25) is 5.91 Å². The van der Waals surface area contributed by atoms with Crippen LogP contribution in [-0.4, -0.2) is 12.1 Å². The van der Waals surface area contributed by atoms with E-state index >= 15 is 0 Å². The summed E-state index contributed by atoms with van der Waals surface area (Å²) in [5.41, 5.74) is 4.19. The van der Waals surface area contributed by atoms with Gasteiger partial charge in [0.25, 0.3) is 0 Å². The quantitative estimate of drug-likeness (QED) is 0.492. The largest absolute Gasteiger partial charge is 0.488 e. The second-order valence-corrected chi connectivity index (χ2v) is 6.01. The van der Waals surface area contributed by atoms with Crippen molar-refractivity contribution in [3.05, 3.63) is 101 Å². The zero-order valence-corrected chi connectivity index (χ0v) is 14.9. The van der Waals surface area contributed by atoms with E-state index in [0.29, 0.717) is 22.4 Å². The Kier molecular flexibility index (Phi) is 6.46. The van der Waals surface area contributed by atoms with Gasteiger partial charge in [0.1, 0.15) is 24.0 Å². The van der Waals surface area contributed by atoms with E-state index in [4.69, 9.17) is 4.74 Å². The number of ether oxygens (including phenoxy) is 1. The van der Waals surface area contributed by atoms with Crippen molar-refractivity contribution in [3.8, 4) is 5.75 Å². The van der Waals surface area contributed by atoms with Crippen molar-refractivity contribution in [2.24, 2.45) is 5.10 Å². The fraction of sp³-hybridized carbons (Fsp3) is 0.0909. The van der Waals surface area contributed by atoms with E-state index in [0.717, 1.165) is 0 Å². The zero-order valence-electron chi connectivity index (χ0n) is 14.9. The molecule has 1 amide bonds. The minimum absolute atomic E-state index is 0.0778. The Morgan fingerprint density at radius 2 is 1.68 bits per heavy atom. The number of hydrogen-bond donors (Lipinski definition) is 1. The number of carbonyl (C=O) groups is 1. The SMILES string of the molecule is O=C(Cc1ccc(F)cc1)N/N=C/c1ccccc1OCc1ccccc1F. The second kappa shape index (κ2) is 9.41. The number of halogens is 2. The molecule has 3 rings (SSSR count). The Bertz CT molecular complexity index is 972. The van der Waals surface area contributed by atoms with Crippen LogP contribution in [0.25, 0.3) is 0 Å². The van der Waals surface area contributed by atoms with Gasteiger partial charge in [-0.3, -0.25) is 4.79 Å². The van der Waals surface area contributed by atoms with Crippen molar-refractivity contribution in [3.63, 3.8) is 0 Å². The molecule has 1 N–H and O–H groups in total. The fourth-order valence-electron chi connectivity index (χ4n) is 2.49. The number of amides is 1. The minimum Gasteiger partial charge on any atom is -0.488 e. The summed E-state index contributed by atoms with van der Waals surface area (Å²) in [6.07, 6.45) is 1.54. The highest BCUT2D eigenvalue weighted by atomic mass is 19.1. The Morgan fingerprint density at radius 1 is 0.964 bits per heavy atom. The van der Waals surface area contributed by atoms with Crippen LogP contribution in [0.2, 0.25) is 0 Å². The molecule has 0 spiro atoms. The predicted octanol–water partition coefficient (Wildman–Crippen LogP) is 4.24. The summed E-state index contributed by atoms with van der Waals surface area (Å²) in [6.45, 7) is 0.0778. The first-order valence-electron chi connectivity index (χ1n) is 8.63. The first-order chi connectivity index (χ1) is 13.6. The summed E-state index contributed by atoms with van der Waals surface area (Å²) in [6, 6.07) is 19.2. The number of carbonyl (C=O) groups excluding carboxylic acids is 1. The van der Waals surface area contributed by atoms with Gasteiger partial charge in [0, 0.05) is 11.1 Å². The molecule has 0 saturated carbocycles. The topological polar surface area (TPSA) is 50.7 Å². The van der Waals surface area contributed by atoms with Gasteiger partial charge in [-0.2, -0.15) is 5.10 Å². The lowest BCUT2D eigenvalue weighted by molar-refractivity contribution is -0.120. The second-order valence-electron chi connectivity index (χ2n) is 6.01. The van der Waals surface area contributed by atoms with Gasteiger partial charge < -0.3 is 4.74 Å². The van der Waals surface area contributed by atoms with Gasteiger partial charge in [-0.05, 0) is 35.9 Å². The van der Waals surface area contributed by atoms with Crippen LogP contribution < -0.4 is 10.2 Å². The van der Waals surface area contributed by atoms with Crippen LogP contribution in [0.5, 0.6) is 5.75 Å². The summed E-state index contributed by atoms with van der Waals surface area (Å²) in [4.78, 5) is 11.9. The molecule has 142 valence electrons. The Hall–Kier alpha value is -3.54. The van der Waals surface area contributed by atoms with Crippen LogP contribution in [0.15, 0.2) is 77.9 Å². The van der Waals surface area contributed by atoms with E-state index in [9.17, 15) is 13.6 Å². The van der Waals surface area contributed by atoms with Crippen molar-refractivity contribution >= 4 is 12.1 Å². The molecule has 0 heterocycles. The maximum Gasteiger partial charge on any atom is 0.244 e. The number of nitrogens with zero attached hydrogens (tertiary/aromatic N) is 1. The third-order valence-corrected chi connectivity index (χ3v) is 3.93. The van der Waals surface area contributed by atoms with Crippen molar-refractivity contribution < 1.29 is 18.3 Å². The van der Waals surface area contributed by atoms with Gasteiger partial charge in [-0.15, -0.1) is 0 Å². The molecule has 0 aromatic heterocycles. The highest BCUT2D eigenvalue weighted by Gasteiger charge is 2.06. The van der Waals surface area contributed by atoms with Crippen LogP contribution in [0.1, 0.15) is 16.7 Å². The summed E-state index contributed by atoms with van der Waals surface area (Å²) in [5.74, 6) is -0.495. The van der Waals surface area contributed by atoms with Crippen molar-refractivity contribution in [2.45, 2.75) is 13.0 Å². The smallest absolute Gasteiger partial charge is 0.244 e. The predicted molar refractivity (Wildman–Crippen MR) is 103 cm³/mol. The molecule has 0 saturated heterocycles. The van der Waals surface area contributed by atoms with Gasteiger partial charge in [0.05, 0.1) is 12.6 Å². The number of nitrogens with one attached hydrogen (secondary N) is 1. The van der Waals surface area contributed by atoms with Crippen LogP contribution in [-0.2, 0) is 17.8 Å². The molecule has 0 bridgehead atoms. The van der Waals surface area contributed by atoms with Crippen LogP contribution in [0.4, 0.5) is 8.78 Å². The standard InChI is InChI=1S/C22H18F2N2O2/c23-19-11-9-16(10-12-19)13-22(27)26-25-14-17-5-2-4-8-21(17)28-15-18-6-1-3-7-20(18)24/h1-12,14H,13,15H2,(H,26,27)/b25-14+. The maximum absolute atomic E-state index is 13.7. The zero-order chi connectivity index (χ0) is 19.8. The Morgan fingerprint density at radius 3 is 2.46 bits per heavy atom. The summed E-state index contributed by atoms with van der Waals surface area (Å²) < 4.78 is 32.3. The third kappa shape index (κ3) is 5.48. The average molecular weight is 380 g/mol. The van der Waals surface area contributed by atoms with Crippen LogP contribution in [0.3, 0.4) is 0 Å². The number of hydrazone groups is 1. The number of benzene rings is 3. The molecule has 6 heteroatoms. The number of para-hydroxylation sites is 1. The lowest BCUT2D eigenvalue weighted by Crippen LogP contribution is -2.19. The van der Waals surface area contributed by atoms with Gasteiger partial charge in [-0.1, -0.05) is 42.5 Å².